The van der Waals surface area contributed by atoms with Gasteiger partial charge in [-0.3, -0.25) is 4.79 Å². The van der Waals surface area contributed by atoms with E-state index in [1.807, 2.05) is 18.4 Å². The van der Waals surface area contributed by atoms with Gasteiger partial charge in [-0.15, -0.1) is 11.3 Å². The van der Waals surface area contributed by atoms with Gasteiger partial charge in [-0.05, 0) is 46.4 Å². The van der Waals surface area contributed by atoms with E-state index in [0.717, 1.165) is 6.42 Å². The zero-order chi connectivity index (χ0) is 12.3. The van der Waals surface area contributed by atoms with Gasteiger partial charge in [0, 0.05) is 17.3 Å². The standard InChI is InChI=1S/C12H12BrNO2S/c1-8(7-9-3-2-6-17-9)14-12(15)10-4-5-11(13)16-10/h2-6,8H,7H2,1H3,(H,14,15)/t8-/m0/s1. The van der Waals surface area contributed by atoms with Crippen LogP contribution in [-0.4, -0.2) is 11.9 Å². The summed E-state index contributed by atoms with van der Waals surface area (Å²) in [5, 5.41) is 4.94. The van der Waals surface area contributed by atoms with E-state index in [0.29, 0.717) is 10.4 Å². The van der Waals surface area contributed by atoms with Crippen LogP contribution in [0.3, 0.4) is 0 Å². The van der Waals surface area contributed by atoms with Gasteiger partial charge in [0.1, 0.15) is 0 Å². The lowest BCUT2D eigenvalue weighted by Gasteiger charge is -2.11. The van der Waals surface area contributed by atoms with Crippen LogP contribution in [0.5, 0.6) is 0 Å². The molecule has 0 saturated heterocycles. The number of carbonyl (C=O) groups is 1. The molecule has 0 fully saturated rings. The summed E-state index contributed by atoms with van der Waals surface area (Å²) in [5.41, 5.74) is 0. The highest BCUT2D eigenvalue weighted by molar-refractivity contribution is 9.10. The minimum Gasteiger partial charge on any atom is -0.444 e. The molecular weight excluding hydrogens is 302 g/mol. The number of thiophene rings is 1. The summed E-state index contributed by atoms with van der Waals surface area (Å²) in [5.74, 6) is 0.148. The Hall–Kier alpha value is -1.07. The van der Waals surface area contributed by atoms with Gasteiger partial charge in [-0.2, -0.15) is 0 Å². The van der Waals surface area contributed by atoms with Crippen LogP contribution in [0.25, 0.3) is 0 Å². The molecule has 0 aliphatic rings. The van der Waals surface area contributed by atoms with Crippen molar-refractivity contribution >= 4 is 33.2 Å². The van der Waals surface area contributed by atoms with Crippen LogP contribution in [-0.2, 0) is 6.42 Å². The molecule has 0 aromatic carbocycles. The Morgan fingerprint density at radius 1 is 1.53 bits per heavy atom. The number of carbonyl (C=O) groups excluding carboxylic acids is 1. The van der Waals surface area contributed by atoms with Crippen molar-refractivity contribution < 1.29 is 9.21 Å². The average molecular weight is 314 g/mol. The molecule has 5 heteroatoms. The van der Waals surface area contributed by atoms with E-state index in [2.05, 4.69) is 27.3 Å². The van der Waals surface area contributed by atoms with Crippen molar-refractivity contribution in [1.82, 2.24) is 5.32 Å². The van der Waals surface area contributed by atoms with Crippen molar-refractivity contribution in [2.75, 3.05) is 0 Å². The molecule has 0 unspecified atom stereocenters. The number of hydrogen-bond donors (Lipinski definition) is 1. The molecule has 0 spiro atoms. The third kappa shape index (κ3) is 3.44. The van der Waals surface area contributed by atoms with Gasteiger partial charge in [0.05, 0.1) is 0 Å². The Morgan fingerprint density at radius 2 is 2.35 bits per heavy atom. The molecule has 0 radical (unpaired) electrons. The van der Waals surface area contributed by atoms with Crippen LogP contribution in [0, 0.1) is 0 Å². The van der Waals surface area contributed by atoms with Crippen LogP contribution >= 0.6 is 27.3 Å². The van der Waals surface area contributed by atoms with Gasteiger partial charge < -0.3 is 9.73 Å². The quantitative estimate of drug-likeness (QED) is 0.939. The maximum absolute atomic E-state index is 11.8. The summed E-state index contributed by atoms with van der Waals surface area (Å²) in [4.78, 5) is 13.0. The van der Waals surface area contributed by atoms with Crippen molar-refractivity contribution in [1.29, 1.82) is 0 Å². The van der Waals surface area contributed by atoms with Crippen molar-refractivity contribution in [3.05, 3.63) is 45.0 Å². The maximum atomic E-state index is 11.8. The molecule has 2 aromatic heterocycles. The van der Waals surface area contributed by atoms with Crippen LogP contribution in [0.2, 0.25) is 0 Å². The first-order valence-electron chi connectivity index (χ1n) is 5.24. The summed E-state index contributed by atoms with van der Waals surface area (Å²) in [7, 11) is 0. The Labute approximate surface area is 112 Å². The molecule has 0 aliphatic heterocycles. The highest BCUT2D eigenvalue weighted by Gasteiger charge is 2.13. The SMILES string of the molecule is C[C@@H](Cc1cccs1)NC(=O)c1ccc(Br)o1. The van der Waals surface area contributed by atoms with Gasteiger partial charge >= 0.3 is 0 Å². The van der Waals surface area contributed by atoms with Crippen molar-refractivity contribution in [3.8, 4) is 0 Å². The highest BCUT2D eigenvalue weighted by Crippen LogP contribution is 2.15. The summed E-state index contributed by atoms with van der Waals surface area (Å²) in [6.45, 7) is 1.98. The first kappa shape index (κ1) is 12.4. The molecular formula is C12H12BrNO2S. The minimum absolute atomic E-state index is 0.0880. The first-order chi connectivity index (χ1) is 8.15. The smallest absolute Gasteiger partial charge is 0.287 e. The van der Waals surface area contributed by atoms with Crippen molar-refractivity contribution in [2.24, 2.45) is 0 Å². The third-order valence-corrected chi connectivity index (χ3v) is 3.59. The largest absolute Gasteiger partial charge is 0.444 e. The second kappa shape index (κ2) is 5.51. The molecule has 2 rings (SSSR count). The predicted octanol–water partition coefficient (Wildman–Crippen LogP) is 3.46. The van der Waals surface area contributed by atoms with Gasteiger partial charge in [0.2, 0.25) is 0 Å². The lowest BCUT2D eigenvalue weighted by atomic mass is 10.2. The zero-order valence-corrected chi connectivity index (χ0v) is 11.7. The fraction of sp³-hybridized carbons (Fsp3) is 0.250. The Balaban J connectivity index is 1.90. The first-order valence-corrected chi connectivity index (χ1v) is 6.91. The Morgan fingerprint density at radius 3 is 2.94 bits per heavy atom. The van der Waals surface area contributed by atoms with Gasteiger partial charge in [0.15, 0.2) is 10.4 Å². The van der Waals surface area contributed by atoms with Crippen LogP contribution in [0.1, 0.15) is 22.4 Å². The number of furan rings is 1. The summed E-state index contributed by atoms with van der Waals surface area (Å²) in [6, 6.07) is 7.52. The third-order valence-electron chi connectivity index (χ3n) is 2.26. The average Bonchev–Trinajstić information content (AvgIpc) is 2.89. The van der Waals surface area contributed by atoms with E-state index >= 15 is 0 Å². The van der Waals surface area contributed by atoms with E-state index < -0.39 is 0 Å². The number of amides is 1. The number of halogens is 1. The molecule has 0 saturated carbocycles. The van der Waals surface area contributed by atoms with Crippen LogP contribution in [0.4, 0.5) is 0 Å². The van der Waals surface area contributed by atoms with E-state index in [1.54, 1.807) is 23.5 Å². The fourth-order valence-electron chi connectivity index (χ4n) is 1.51. The second-order valence-corrected chi connectivity index (χ2v) is 5.58. The molecule has 17 heavy (non-hydrogen) atoms. The zero-order valence-electron chi connectivity index (χ0n) is 9.27. The summed E-state index contributed by atoms with van der Waals surface area (Å²) in [6.07, 6.45) is 0.839. The van der Waals surface area contributed by atoms with Crippen molar-refractivity contribution in [3.63, 3.8) is 0 Å². The molecule has 1 amide bonds. The van der Waals surface area contributed by atoms with Gasteiger partial charge in [-0.25, -0.2) is 0 Å². The molecule has 0 bridgehead atoms. The monoisotopic (exact) mass is 313 g/mol. The normalized spacial score (nSPS) is 12.4. The molecule has 2 heterocycles. The number of rotatable bonds is 4. The number of nitrogens with one attached hydrogen (secondary N) is 1. The minimum atomic E-state index is -0.181. The van der Waals surface area contributed by atoms with E-state index in [4.69, 9.17) is 4.42 Å². The maximum Gasteiger partial charge on any atom is 0.287 e. The van der Waals surface area contributed by atoms with Crippen LogP contribution in [0.15, 0.2) is 38.7 Å². The Kier molecular flexibility index (Phi) is 4.02. The summed E-state index contributed by atoms with van der Waals surface area (Å²) >= 11 is 4.87. The topological polar surface area (TPSA) is 42.2 Å². The molecule has 0 aliphatic carbocycles. The Bertz CT molecular complexity index is 492. The number of hydrogen-bond acceptors (Lipinski definition) is 3. The lowest BCUT2D eigenvalue weighted by Crippen LogP contribution is -2.33. The molecule has 1 atom stereocenters. The van der Waals surface area contributed by atoms with Crippen LogP contribution < -0.4 is 5.32 Å². The lowest BCUT2D eigenvalue weighted by molar-refractivity contribution is 0.0911. The van der Waals surface area contributed by atoms with E-state index in [1.165, 1.54) is 4.88 Å². The van der Waals surface area contributed by atoms with E-state index in [-0.39, 0.29) is 11.9 Å². The van der Waals surface area contributed by atoms with Crippen molar-refractivity contribution in [2.45, 2.75) is 19.4 Å². The second-order valence-electron chi connectivity index (χ2n) is 3.76. The highest BCUT2D eigenvalue weighted by atomic mass is 79.9. The van der Waals surface area contributed by atoms with E-state index in [9.17, 15) is 4.79 Å². The molecule has 90 valence electrons. The molecule has 2 aromatic rings. The molecule has 3 nitrogen and oxygen atoms in total. The fourth-order valence-corrected chi connectivity index (χ4v) is 2.65. The molecule has 1 N–H and O–H groups in total. The van der Waals surface area contributed by atoms with Gasteiger partial charge in [-0.1, -0.05) is 6.07 Å². The summed E-state index contributed by atoms with van der Waals surface area (Å²) < 4.78 is 5.75. The predicted molar refractivity (Wildman–Crippen MR) is 71.4 cm³/mol. The van der Waals surface area contributed by atoms with Gasteiger partial charge in [0.25, 0.3) is 5.91 Å².